The van der Waals surface area contributed by atoms with Crippen molar-refractivity contribution in [3.63, 3.8) is 0 Å². The van der Waals surface area contributed by atoms with E-state index in [0.717, 1.165) is 12.1 Å². The van der Waals surface area contributed by atoms with Crippen LogP contribution in [0.5, 0.6) is 5.75 Å². The molecule has 0 aliphatic carbocycles. The molecule has 31 heavy (non-hydrogen) atoms. The Morgan fingerprint density at radius 3 is 2.65 bits per heavy atom. The molecule has 6 nitrogen and oxygen atoms in total. The Kier molecular flexibility index (Phi) is 7.34. The number of carbonyl (C=O) groups excluding carboxylic acids is 1. The van der Waals surface area contributed by atoms with Crippen LogP contribution < -0.4 is 10.1 Å². The van der Waals surface area contributed by atoms with E-state index in [-0.39, 0.29) is 35.4 Å². The van der Waals surface area contributed by atoms with E-state index < -0.39 is 17.6 Å². The number of hydrogen-bond donors (Lipinski definition) is 1. The van der Waals surface area contributed by atoms with Crippen molar-refractivity contribution >= 4 is 40.9 Å². The summed E-state index contributed by atoms with van der Waals surface area (Å²) in [5, 5.41) is 11.6. The zero-order valence-electron chi connectivity index (χ0n) is 15.9. The van der Waals surface area contributed by atoms with E-state index in [2.05, 4.69) is 15.5 Å². The van der Waals surface area contributed by atoms with E-state index in [1.807, 2.05) is 0 Å². The summed E-state index contributed by atoms with van der Waals surface area (Å²) in [7, 11) is 0. The lowest BCUT2D eigenvalue weighted by molar-refractivity contribution is -0.137. The molecule has 3 rings (SSSR count). The summed E-state index contributed by atoms with van der Waals surface area (Å²) in [5.74, 6) is 0.0786. The summed E-state index contributed by atoms with van der Waals surface area (Å²) < 4.78 is 46.1. The molecule has 0 spiro atoms. The van der Waals surface area contributed by atoms with Gasteiger partial charge in [0.15, 0.2) is 17.6 Å². The summed E-state index contributed by atoms with van der Waals surface area (Å²) >= 11 is 13.0. The van der Waals surface area contributed by atoms with Gasteiger partial charge in [-0.25, -0.2) is 0 Å². The highest BCUT2D eigenvalue weighted by molar-refractivity contribution is 7.98. The molecule has 1 heterocycles. The fourth-order valence-electron chi connectivity index (χ4n) is 2.59. The molecule has 2 aromatic carbocycles. The van der Waals surface area contributed by atoms with Gasteiger partial charge in [-0.05, 0) is 42.7 Å². The average Bonchev–Trinajstić information content (AvgIpc) is 3.14. The molecule has 0 atom stereocenters. The van der Waals surface area contributed by atoms with Gasteiger partial charge in [-0.15, -0.1) is 10.2 Å². The first-order valence-corrected chi connectivity index (χ1v) is 10.7. The van der Waals surface area contributed by atoms with Crippen LogP contribution in [0.15, 0.2) is 47.6 Å². The molecule has 0 bridgehead atoms. The number of alkyl halides is 3. The molecule has 1 amide bonds. The van der Waals surface area contributed by atoms with Crippen LogP contribution in [-0.4, -0.2) is 33.5 Å². The van der Waals surface area contributed by atoms with E-state index in [0.29, 0.717) is 10.2 Å². The first kappa shape index (κ1) is 23.2. The number of nitrogens with zero attached hydrogens (tertiary/aromatic N) is 3. The molecular weight excluding hydrogens is 476 g/mol. The molecule has 1 aromatic heterocycles. The fraction of sp³-hybridized carbons (Fsp3) is 0.211. The zero-order valence-corrected chi connectivity index (χ0v) is 18.2. The molecule has 3 aromatic rings. The van der Waals surface area contributed by atoms with Crippen LogP contribution in [0, 0.1) is 0 Å². The van der Waals surface area contributed by atoms with E-state index in [1.165, 1.54) is 40.6 Å². The summed E-state index contributed by atoms with van der Waals surface area (Å²) in [6.45, 7) is -0.394. The van der Waals surface area contributed by atoms with Gasteiger partial charge in [-0.2, -0.15) is 13.2 Å². The second kappa shape index (κ2) is 9.80. The van der Waals surface area contributed by atoms with Crippen LogP contribution in [0.4, 0.5) is 13.2 Å². The maximum atomic E-state index is 13.1. The summed E-state index contributed by atoms with van der Waals surface area (Å²) in [6.07, 6.45) is -2.77. The topological polar surface area (TPSA) is 69.0 Å². The van der Waals surface area contributed by atoms with E-state index in [4.69, 9.17) is 27.9 Å². The van der Waals surface area contributed by atoms with Crippen LogP contribution >= 0.6 is 35.0 Å². The molecule has 0 fully saturated rings. The summed E-state index contributed by atoms with van der Waals surface area (Å²) in [4.78, 5) is 12.2. The second-order valence-corrected chi connectivity index (χ2v) is 7.74. The number of nitrogens with one attached hydrogen (secondary N) is 1. The lowest BCUT2D eigenvalue weighted by atomic mass is 10.2. The van der Waals surface area contributed by atoms with Crippen molar-refractivity contribution in [1.29, 1.82) is 0 Å². The van der Waals surface area contributed by atoms with Gasteiger partial charge in [0.2, 0.25) is 0 Å². The van der Waals surface area contributed by atoms with Crippen LogP contribution in [0.25, 0.3) is 5.69 Å². The molecule has 0 radical (unpaired) electrons. The first-order chi connectivity index (χ1) is 14.7. The van der Waals surface area contributed by atoms with Gasteiger partial charge < -0.3 is 10.1 Å². The predicted octanol–water partition coefficient (Wildman–Crippen LogP) is 5.01. The maximum absolute atomic E-state index is 13.1. The third-order valence-corrected chi connectivity index (χ3v) is 5.17. The van der Waals surface area contributed by atoms with Gasteiger partial charge >= 0.3 is 6.18 Å². The van der Waals surface area contributed by atoms with Crippen molar-refractivity contribution in [2.75, 3.05) is 12.9 Å². The van der Waals surface area contributed by atoms with Crippen molar-refractivity contribution < 1.29 is 22.7 Å². The molecular formula is C19H15Cl2F3N4O2S. The number of halogens is 5. The Morgan fingerprint density at radius 1 is 1.19 bits per heavy atom. The monoisotopic (exact) mass is 490 g/mol. The molecule has 0 aliphatic rings. The predicted molar refractivity (Wildman–Crippen MR) is 112 cm³/mol. The quantitative estimate of drug-likeness (QED) is 0.471. The van der Waals surface area contributed by atoms with E-state index in [1.54, 1.807) is 12.3 Å². The number of thioether (sulfide) groups is 1. The van der Waals surface area contributed by atoms with Crippen molar-refractivity contribution in [2.24, 2.45) is 0 Å². The third-order valence-electron chi connectivity index (χ3n) is 4.01. The summed E-state index contributed by atoms with van der Waals surface area (Å²) in [6, 6.07) is 9.38. The molecule has 164 valence electrons. The SMILES string of the molecule is CSc1nnc(CNC(=O)COc2ccc(Cl)cc2Cl)n1-c1cccc(C(F)(F)F)c1. The van der Waals surface area contributed by atoms with Crippen molar-refractivity contribution in [3.05, 3.63) is 63.9 Å². The first-order valence-electron chi connectivity index (χ1n) is 8.69. The van der Waals surface area contributed by atoms with Gasteiger partial charge in [-0.3, -0.25) is 9.36 Å². The average molecular weight is 491 g/mol. The van der Waals surface area contributed by atoms with Gasteiger partial charge in [0, 0.05) is 5.02 Å². The minimum atomic E-state index is -4.49. The molecule has 0 saturated carbocycles. The van der Waals surface area contributed by atoms with Crippen LogP contribution in [0.1, 0.15) is 11.4 Å². The van der Waals surface area contributed by atoms with Crippen LogP contribution in [0.3, 0.4) is 0 Å². The zero-order chi connectivity index (χ0) is 22.6. The number of rotatable bonds is 7. The van der Waals surface area contributed by atoms with Gasteiger partial charge in [0.05, 0.1) is 22.8 Å². The minimum Gasteiger partial charge on any atom is -0.482 e. The highest BCUT2D eigenvalue weighted by atomic mass is 35.5. The van der Waals surface area contributed by atoms with Crippen LogP contribution in [-0.2, 0) is 17.5 Å². The van der Waals surface area contributed by atoms with E-state index >= 15 is 0 Å². The van der Waals surface area contributed by atoms with Crippen molar-refractivity contribution in [1.82, 2.24) is 20.1 Å². The number of benzene rings is 2. The number of aromatic nitrogens is 3. The maximum Gasteiger partial charge on any atom is 0.416 e. The smallest absolute Gasteiger partial charge is 0.416 e. The highest BCUT2D eigenvalue weighted by Gasteiger charge is 2.31. The van der Waals surface area contributed by atoms with E-state index in [9.17, 15) is 18.0 Å². The molecule has 12 heteroatoms. The Balaban J connectivity index is 1.71. The van der Waals surface area contributed by atoms with Crippen molar-refractivity contribution in [3.8, 4) is 11.4 Å². The van der Waals surface area contributed by atoms with Gasteiger partial charge in [0.1, 0.15) is 5.75 Å². The summed E-state index contributed by atoms with van der Waals surface area (Å²) in [5.41, 5.74) is -0.563. The Hall–Kier alpha value is -2.43. The molecule has 0 saturated heterocycles. The van der Waals surface area contributed by atoms with Gasteiger partial charge in [-0.1, -0.05) is 41.0 Å². The number of hydrogen-bond acceptors (Lipinski definition) is 5. The lowest BCUT2D eigenvalue weighted by Gasteiger charge is -2.13. The molecule has 0 unspecified atom stereocenters. The Bertz CT molecular complexity index is 1090. The number of ether oxygens (including phenoxy) is 1. The highest BCUT2D eigenvalue weighted by Crippen LogP contribution is 2.31. The standard InChI is InChI=1S/C19H15Cl2F3N4O2S/c1-31-18-27-26-16(28(18)13-4-2-3-11(7-13)19(22,23)24)9-25-17(29)10-30-15-6-5-12(20)8-14(15)21/h2-8H,9-10H2,1H3,(H,25,29). The normalized spacial score (nSPS) is 11.4. The Labute approximate surface area is 189 Å². The lowest BCUT2D eigenvalue weighted by Crippen LogP contribution is -2.29. The van der Waals surface area contributed by atoms with Crippen molar-refractivity contribution in [2.45, 2.75) is 17.9 Å². The molecule has 1 N–H and O–H groups in total. The number of carbonyl (C=O) groups is 1. The molecule has 0 aliphatic heterocycles. The Morgan fingerprint density at radius 2 is 1.97 bits per heavy atom. The van der Waals surface area contributed by atoms with Crippen LogP contribution in [0.2, 0.25) is 10.0 Å². The van der Waals surface area contributed by atoms with Gasteiger partial charge in [0.25, 0.3) is 5.91 Å². The minimum absolute atomic E-state index is 0.0691. The third kappa shape index (κ3) is 5.84. The fourth-order valence-corrected chi connectivity index (χ4v) is 3.57. The largest absolute Gasteiger partial charge is 0.482 e. The second-order valence-electron chi connectivity index (χ2n) is 6.13. The number of amides is 1.